The molecule has 110 valence electrons. The molecule has 4 heteroatoms. The first kappa shape index (κ1) is 15.3. The molecule has 0 fully saturated rings. The largest absolute Gasteiger partial charge is 0.416 e. The van der Waals surface area contributed by atoms with Crippen molar-refractivity contribution in [3.8, 4) is 11.1 Å². The summed E-state index contributed by atoms with van der Waals surface area (Å²) in [7, 11) is 0. The Morgan fingerprint density at radius 2 is 1.43 bits per heavy atom. The summed E-state index contributed by atoms with van der Waals surface area (Å²) in [5.41, 5.74) is 1.81. The highest BCUT2D eigenvalue weighted by Gasteiger charge is 2.29. The van der Waals surface area contributed by atoms with Crippen molar-refractivity contribution in [2.45, 2.75) is 25.4 Å². The molecule has 0 saturated carbocycles. The third-order valence-corrected chi connectivity index (χ3v) is 3.49. The summed E-state index contributed by atoms with van der Waals surface area (Å²) in [5.74, 6) is -0.133. The molecule has 0 aliphatic carbocycles. The zero-order chi connectivity index (χ0) is 15.5. The van der Waals surface area contributed by atoms with Gasteiger partial charge in [-0.2, -0.15) is 13.2 Å². The van der Waals surface area contributed by atoms with Crippen molar-refractivity contribution in [1.82, 2.24) is 0 Å². The van der Waals surface area contributed by atoms with E-state index in [0.29, 0.717) is 5.56 Å². The molecule has 0 amide bonds. The highest BCUT2D eigenvalue weighted by Crippen LogP contribution is 2.31. The van der Waals surface area contributed by atoms with Crippen LogP contribution in [0.1, 0.15) is 30.4 Å². The van der Waals surface area contributed by atoms with Crippen molar-refractivity contribution < 1.29 is 18.0 Å². The third-order valence-electron chi connectivity index (χ3n) is 3.49. The topological polar surface area (TPSA) is 17.1 Å². The number of halogens is 3. The molecule has 2 rings (SSSR count). The van der Waals surface area contributed by atoms with Crippen molar-refractivity contribution in [2.75, 3.05) is 0 Å². The Labute approximate surface area is 121 Å². The van der Waals surface area contributed by atoms with Crippen molar-refractivity contribution in [1.29, 1.82) is 0 Å². The minimum Gasteiger partial charge on any atom is -0.303 e. The molecule has 21 heavy (non-hydrogen) atoms. The Morgan fingerprint density at radius 3 is 1.81 bits per heavy atom. The lowest BCUT2D eigenvalue weighted by Crippen LogP contribution is -2.04. The van der Waals surface area contributed by atoms with E-state index < -0.39 is 11.7 Å². The molecule has 0 bridgehead atoms. The number of carbonyl (C=O) groups is 1. The van der Waals surface area contributed by atoms with Crippen molar-refractivity contribution >= 4 is 6.29 Å². The predicted molar refractivity (Wildman–Crippen MR) is 76.0 cm³/mol. The van der Waals surface area contributed by atoms with Gasteiger partial charge in [-0.25, -0.2) is 0 Å². The number of aldehydes is 1. The summed E-state index contributed by atoms with van der Waals surface area (Å²) >= 11 is 0. The van der Waals surface area contributed by atoms with Crippen LogP contribution in [0, 0.1) is 0 Å². The summed E-state index contributed by atoms with van der Waals surface area (Å²) in [6, 6.07) is 12.4. The fourth-order valence-electron chi connectivity index (χ4n) is 2.18. The standard InChI is InChI=1S/C17H15F3O/c1-2-12(11-21)13-3-5-14(6-4-13)15-7-9-16(10-8-15)17(18,19)20/h3-12H,2H2,1H3. The van der Waals surface area contributed by atoms with Crippen molar-refractivity contribution in [2.24, 2.45) is 0 Å². The van der Waals surface area contributed by atoms with E-state index in [1.807, 2.05) is 31.2 Å². The molecule has 0 aliphatic rings. The number of rotatable bonds is 4. The van der Waals surface area contributed by atoms with Gasteiger partial charge in [0.25, 0.3) is 0 Å². The fourth-order valence-corrected chi connectivity index (χ4v) is 2.18. The number of hydrogen-bond donors (Lipinski definition) is 0. The maximum absolute atomic E-state index is 12.5. The summed E-state index contributed by atoms with van der Waals surface area (Å²) in [6.07, 6.45) is -2.68. The van der Waals surface area contributed by atoms with Gasteiger partial charge in [-0.1, -0.05) is 43.3 Å². The monoisotopic (exact) mass is 292 g/mol. The van der Waals surface area contributed by atoms with Crippen LogP contribution in [0.15, 0.2) is 48.5 Å². The molecular weight excluding hydrogens is 277 g/mol. The second kappa shape index (κ2) is 6.12. The number of hydrogen-bond acceptors (Lipinski definition) is 1. The highest BCUT2D eigenvalue weighted by atomic mass is 19.4. The maximum Gasteiger partial charge on any atom is 0.416 e. The molecule has 0 radical (unpaired) electrons. The van der Waals surface area contributed by atoms with Crippen LogP contribution in [0.5, 0.6) is 0 Å². The van der Waals surface area contributed by atoms with Crippen LogP contribution in [0.3, 0.4) is 0 Å². The van der Waals surface area contributed by atoms with Crippen LogP contribution in [-0.2, 0) is 11.0 Å². The molecule has 1 atom stereocenters. The normalized spacial score (nSPS) is 13.0. The molecule has 2 aromatic rings. The van der Waals surface area contributed by atoms with E-state index >= 15 is 0 Å². The average Bonchev–Trinajstić information content (AvgIpc) is 2.48. The van der Waals surface area contributed by atoms with Crippen LogP contribution < -0.4 is 0 Å². The first-order chi connectivity index (χ1) is 9.95. The SMILES string of the molecule is CCC(C=O)c1ccc(-c2ccc(C(F)(F)F)cc2)cc1. The van der Waals surface area contributed by atoms with Gasteiger partial charge in [-0.3, -0.25) is 0 Å². The Morgan fingerprint density at radius 1 is 0.952 bits per heavy atom. The zero-order valence-corrected chi connectivity index (χ0v) is 11.5. The average molecular weight is 292 g/mol. The Kier molecular flexibility index (Phi) is 4.46. The summed E-state index contributed by atoms with van der Waals surface area (Å²) in [5, 5.41) is 0. The smallest absolute Gasteiger partial charge is 0.303 e. The molecule has 0 saturated heterocycles. The number of carbonyl (C=O) groups excluding carboxylic acids is 1. The van der Waals surface area contributed by atoms with Gasteiger partial charge in [0.05, 0.1) is 5.56 Å². The summed E-state index contributed by atoms with van der Waals surface area (Å²) < 4.78 is 37.5. The number of alkyl halides is 3. The van der Waals surface area contributed by atoms with E-state index in [4.69, 9.17) is 0 Å². The zero-order valence-electron chi connectivity index (χ0n) is 11.5. The maximum atomic E-state index is 12.5. The van der Waals surface area contributed by atoms with Crippen LogP contribution in [0.2, 0.25) is 0 Å². The molecule has 0 heterocycles. The second-order valence-electron chi connectivity index (χ2n) is 4.85. The minimum absolute atomic E-state index is 0.133. The van der Waals surface area contributed by atoms with Gasteiger partial charge >= 0.3 is 6.18 Å². The van der Waals surface area contributed by atoms with E-state index in [9.17, 15) is 18.0 Å². The van der Waals surface area contributed by atoms with Gasteiger partial charge in [0.2, 0.25) is 0 Å². The molecule has 1 unspecified atom stereocenters. The van der Waals surface area contributed by atoms with Crippen LogP contribution in [0.4, 0.5) is 13.2 Å². The van der Waals surface area contributed by atoms with Gasteiger partial charge in [0.1, 0.15) is 6.29 Å². The highest BCUT2D eigenvalue weighted by molar-refractivity contribution is 5.67. The van der Waals surface area contributed by atoms with Crippen LogP contribution >= 0.6 is 0 Å². The molecule has 1 nitrogen and oxygen atoms in total. The summed E-state index contributed by atoms with van der Waals surface area (Å²) in [6.45, 7) is 1.93. The van der Waals surface area contributed by atoms with E-state index in [1.54, 1.807) is 0 Å². The van der Waals surface area contributed by atoms with Gasteiger partial charge in [-0.05, 0) is 35.2 Å². The predicted octanol–water partition coefficient (Wildman–Crippen LogP) is 5.06. The molecule has 0 aromatic heterocycles. The van der Waals surface area contributed by atoms with Gasteiger partial charge in [0, 0.05) is 5.92 Å². The minimum atomic E-state index is -4.32. The van der Waals surface area contributed by atoms with Crippen LogP contribution in [-0.4, -0.2) is 6.29 Å². The Hall–Kier alpha value is -2.10. The Balaban J connectivity index is 2.25. The molecule has 0 N–H and O–H groups in total. The van der Waals surface area contributed by atoms with Crippen molar-refractivity contribution in [3.63, 3.8) is 0 Å². The molecule has 2 aromatic carbocycles. The first-order valence-corrected chi connectivity index (χ1v) is 6.68. The summed E-state index contributed by atoms with van der Waals surface area (Å²) in [4.78, 5) is 10.9. The van der Waals surface area contributed by atoms with E-state index in [1.165, 1.54) is 12.1 Å². The number of benzene rings is 2. The second-order valence-corrected chi connectivity index (χ2v) is 4.85. The lowest BCUT2D eigenvalue weighted by atomic mass is 9.95. The fraction of sp³-hybridized carbons (Fsp3) is 0.235. The Bertz CT molecular complexity index is 597. The lowest BCUT2D eigenvalue weighted by Gasteiger charge is -2.10. The van der Waals surface area contributed by atoms with Crippen LogP contribution in [0.25, 0.3) is 11.1 Å². The third kappa shape index (κ3) is 3.51. The van der Waals surface area contributed by atoms with E-state index in [-0.39, 0.29) is 5.92 Å². The first-order valence-electron chi connectivity index (χ1n) is 6.68. The van der Waals surface area contributed by atoms with E-state index in [2.05, 4.69) is 0 Å². The van der Waals surface area contributed by atoms with E-state index in [0.717, 1.165) is 36.0 Å². The molecule has 0 spiro atoms. The van der Waals surface area contributed by atoms with Gasteiger partial charge in [-0.15, -0.1) is 0 Å². The molecular formula is C17H15F3O. The van der Waals surface area contributed by atoms with Gasteiger partial charge in [0.15, 0.2) is 0 Å². The molecule has 0 aliphatic heterocycles. The van der Waals surface area contributed by atoms with Crippen molar-refractivity contribution in [3.05, 3.63) is 59.7 Å². The quantitative estimate of drug-likeness (QED) is 0.719. The van der Waals surface area contributed by atoms with Gasteiger partial charge < -0.3 is 4.79 Å². The lowest BCUT2D eigenvalue weighted by molar-refractivity contribution is -0.137.